The van der Waals surface area contributed by atoms with Gasteiger partial charge in [0.2, 0.25) is 5.91 Å². The molecule has 2 amide bonds. The molecule has 0 saturated carbocycles. The van der Waals surface area contributed by atoms with E-state index in [4.69, 9.17) is 10.2 Å². The van der Waals surface area contributed by atoms with E-state index >= 15 is 0 Å². The minimum Gasteiger partial charge on any atom is -0.444 e. The van der Waals surface area contributed by atoms with Crippen LogP contribution in [0.5, 0.6) is 0 Å². The van der Waals surface area contributed by atoms with Gasteiger partial charge in [0.25, 0.3) is 5.91 Å². The number of carbonyl (C=O) groups excluding carboxylic acids is 2. The molecule has 0 unspecified atom stereocenters. The van der Waals surface area contributed by atoms with Crippen molar-refractivity contribution in [3.63, 3.8) is 0 Å². The fourth-order valence-corrected chi connectivity index (χ4v) is 1.15. The second-order valence-electron chi connectivity index (χ2n) is 3.55. The van der Waals surface area contributed by atoms with Gasteiger partial charge in [0.05, 0.1) is 0 Å². The molecule has 1 aromatic heterocycles. The molecule has 0 radical (unpaired) electrons. The fourth-order valence-electron chi connectivity index (χ4n) is 0.843. The van der Waals surface area contributed by atoms with Crippen molar-refractivity contribution in [2.45, 2.75) is 19.4 Å². The van der Waals surface area contributed by atoms with E-state index in [1.54, 1.807) is 6.07 Å². The maximum Gasteiger partial charge on any atom is 0.287 e. The minimum absolute atomic E-state index is 0.121. The fraction of sp³-hybridized carbons (Fsp3) is 0.333. The first-order valence-electron chi connectivity index (χ1n) is 4.20. The minimum atomic E-state index is -1.10. The van der Waals surface area contributed by atoms with Gasteiger partial charge >= 0.3 is 0 Å². The molecule has 5 nitrogen and oxygen atoms in total. The molecule has 6 heteroatoms. The summed E-state index contributed by atoms with van der Waals surface area (Å²) in [4.78, 5) is 22.5. The Labute approximate surface area is 95.1 Å². The summed E-state index contributed by atoms with van der Waals surface area (Å²) in [6, 6.07) is 3.09. The summed E-state index contributed by atoms with van der Waals surface area (Å²) in [5.74, 6) is -0.970. The van der Waals surface area contributed by atoms with Crippen molar-refractivity contribution in [3.05, 3.63) is 22.6 Å². The molecule has 0 aromatic carbocycles. The van der Waals surface area contributed by atoms with Crippen LogP contribution in [-0.2, 0) is 4.79 Å². The molecule has 3 N–H and O–H groups in total. The second kappa shape index (κ2) is 4.06. The maximum absolute atomic E-state index is 11.5. The summed E-state index contributed by atoms with van der Waals surface area (Å²) < 4.78 is 5.47. The monoisotopic (exact) mass is 274 g/mol. The van der Waals surface area contributed by atoms with E-state index < -0.39 is 17.4 Å². The van der Waals surface area contributed by atoms with E-state index in [0.29, 0.717) is 4.67 Å². The summed E-state index contributed by atoms with van der Waals surface area (Å²) in [5.41, 5.74) is 4.01. The lowest BCUT2D eigenvalue weighted by molar-refractivity contribution is -0.122. The average molecular weight is 275 g/mol. The Morgan fingerprint density at radius 3 is 2.47 bits per heavy atom. The van der Waals surface area contributed by atoms with Crippen LogP contribution < -0.4 is 11.1 Å². The van der Waals surface area contributed by atoms with Crippen LogP contribution in [0.15, 0.2) is 21.2 Å². The summed E-state index contributed by atoms with van der Waals surface area (Å²) in [7, 11) is 0. The number of halogens is 1. The van der Waals surface area contributed by atoms with Crippen molar-refractivity contribution in [2.75, 3.05) is 0 Å². The number of hydrogen-bond donors (Lipinski definition) is 2. The van der Waals surface area contributed by atoms with Crippen molar-refractivity contribution in [1.82, 2.24) is 5.32 Å². The van der Waals surface area contributed by atoms with Crippen LogP contribution in [0.4, 0.5) is 0 Å². The van der Waals surface area contributed by atoms with Crippen molar-refractivity contribution in [1.29, 1.82) is 0 Å². The smallest absolute Gasteiger partial charge is 0.287 e. The summed E-state index contributed by atoms with van der Waals surface area (Å²) in [6.07, 6.45) is 0. The van der Waals surface area contributed by atoms with Gasteiger partial charge in [0.1, 0.15) is 5.54 Å². The quantitative estimate of drug-likeness (QED) is 0.864. The lowest BCUT2D eigenvalue weighted by Gasteiger charge is -2.21. The Morgan fingerprint density at radius 2 is 2.07 bits per heavy atom. The van der Waals surface area contributed by atoms with Gasteiger partial charge < -0.3 is 15.5 Å². The van der Waals surface area contributed by atoms with Crippen LogP contribution in [0.2, 0.25) is 0 Å². The van der Waals surface area contributed by atoms with Crippen molar-refractivity contribution >= 4 is 27.7 Å². The first kappa shape index (κ1) is 11.8. The molecule has 15 heavy (non-hydrogen) atoms. The Morgan fingerprint density at radius 1 is 1.47 bits per heavy atom. The normalized spacial score (nSPS) is 11.1. The third-order valence-electron chi connectivity index (χ3n) is 1.84. The Hall–Kier alpha value is -1.30. The zero-order valence-corrected chi connectivity index (χ0v) is 9.92. The molecule has 0 spiro atoms. The number of nitrogens with one attached hydrogen (secondary N) is 1. The number of rotatable bonds is 3. The van der Waals surface area contributed by atoms with Gasteiger partial charge in [-0.25, -0.2) is 0 Å². The molecule has 1 heterocycles. The van der Waals surface area contributed by atoms with Gasteiger partial charge in [0, 0.05) is 0 Å². The Kier molecular flexibility index (Phi) is 3.18. The number of carbonyl (C=O) groups is 2. The standard InChI is InChI=1S/C9H11BrN2O3/c1-9(2,8(11)14)12-7(13)5-3-4-6(10)15-5/h3-4H,1-2H3,(H2,11,14)(H,12,13). The van der Waals surface area contributed by atoms with Gasteiger partial charge in [-0.3, -0.25) is 9.59 Å². The highest BCUT2D eigenvalue weighted by Gasteiger charge is 2.28. The predicted molar refractivity (Wildman–Crippen MR) is 57.1 cm³/mol. The summed E-state index contributed by atoms with van der Waals surface area (Å²) >= 11 is 3.07. The van der Waals surface area contributed by atoms with Crippen molar-refractivity contribution < 1.29 is 14.0 Å². The summed E-state index contributed by atoms with van der Waals surface area (Å²) in [6.45, 7) is 3.04. The van der Waals surface area contributed by atoms with Gasteiger partial charge in [-0.1, -0.05) is 0 Å². The van der Waals surface area contributed by atoms with E-state index in [0.717, 1.165) is 0 Å². The van der Waals surface area contributed by atoms with Crippen LogP contribution in [0, 0.1) is 0 Å². The van der Waals surface area contributed by atoms with Crippen molar-refractivity contribution in [2.24, 2.45) is 5.73 Å². The molecule has 0 atom stereocenters. The SMILES string of the molecule is CC(C)(NC(=O)c1ccc(Br)o1)C(N)=O. The van der Waals surface area contributed by atoms with Gasteiger partial charge in [-0.2, -0.15) is 0 Å². The molecule has 0 aliphatic heterocycles. The van der Waals surface area contributed by atoms with Crippen LogP contribution in [-0.4, -0.2) is 17.4 Å². The Balaban J connectivity index is 2.76. The number of nitrogens with two attached hydrogens (primary N) is 1. The lowest BCUT2D eigenvalue weighted by atomic mass is 10.1. The molecule has 0 bridgehead atoms. The molecule has 0 aliphatic rings. The number of hydrogen-bond acceptors (Lipinski definition) is 3. The highest BCUT2D eigenvalue weighted by atomic mass is 79.9. The van der Waals surface area contributed by atoms with E-state index in [9.17, 15) is 9.59 Å². The van der Waals surface area contributed by atoms with Crippen molar-refractivity contribution in [3.8, 4) is 0 Å². The molecule has 82 valence electrons. The van der Waals surface area contributed by atoms with Crippen LogP contribution in [0.1, 0.15) is 24.4 Å². The highest BCUT2D eigenvalue weighted by Crippen LogP contribution is 2.14. The largest absolute Gasteiger partial charge is 0.444 e. The molecular weight excluding hydrogens is 264 g/mol. The third kappa shape index (κ3) is 2.82. The van der Waals surface area contributed by atoms with Crippen LogP contribution >= 0.6 is 15.9 Å². The third-order valence-corrected chi connectivity index (χ3v) is 2.27. The van der Waals surface area contributed by atoms with E-state index in [1.807, 2.05) is 0 Å². The van der Waals surface area contributed by atoms with E-state index in [2.05, 4.69) is 21.2 Å². The zero-order chi connectivity index (χ0) is 11.6. The number of furan rings is 1. The lowest BCUT2D eigenvalue weighted by Crippen LogP contribution is -2.52. The molecule has 1 rings (SSSR count). The molecule has 1 aromatic rings. The first-order valence-corrected chi connectivity index (χ1v) is 5.00. The van der Waals surface area contributed by atoms with E-state index in [1.165, 1.54) is 19.9 Å². The highest BCUT2D eigenvalue weighted by molar-refractivity contribution is 9.10. The van der Waals surface area contributed by atoms with Crippen LogP contribution in [0.3, 0.4) is 0 Å². The molecule has 0 fully saturated rings. The topological polar surface area (TPSA) is 85.3 Å². The zero-order valence-electron chi connectivity index (χ0n) is 8.33. The first-order chi connectivity index (χ1) is 6.83. The molecule has 0 saturated heterocycles. The van der Waals surface area contributed by atoms with E-state index in [-0.39, 0.29) is 5.76 Å². The number of amides is 2. The summed E-state index contributed by atoms with van der Waals surface area (Å²) in [5, 5.41) is 2.46. The second-order valence-corrected chi connectivity index (χ2v) is 4.33. The average Bonchev–Trinajstić information content (AvgIpc) is 2.50. The maximum atomic E-state index is 11.5. The Bertz CT molecular complexity index is 398. The van der Waals surface area contributed by atoms with Gasteiger partial charge in [0.15, 0.2) is 10.4 Å². The number of primary amides is 1. The molecule has 0 aliphatic carbocycles. The van der Waals surface area contributed by atoms with Gasteiger partial charge in [-0.05, 0) is 41.9 Å². The predicted octanol–water partition coefficient (Wildman–Crippen LogP) is 1.04. The molecular formula is C9H11BrN2O3. The van der Waals surface area contributed by atoms with Gasteiger partial charge in [-0.15, -0.1) is 0 Å². The van der Waals surface area contributed by atoms with Crippen LogP contribution in [0.25, 0.3) is 0 Å².